The standard InChI is InChI=1S/C34H21Cl/c35-26-16-13-22(14-17-26)23-15-18-31-28-10-4-2-8-25(28)21-34(32(31)19-23)33-20-24-7-1-3-9-27(24)29-11-5-6-12-30(29)33/h1-21H. The molecule has 0 unspecified atom stereocenters. The predicted octanol–water partition coefficient (Wildman–Crippen LogP) is 10.3. The van der Waals surface area contributed by atoms with E-state index in [9.17, 15) is 0 Å². The minimum atomic E-state index is 0.754. The fourth-order valence-corrected chi connectivity index (χ4v) is 5.55. The Bertz CT molecular complexity index is 1900. The third kappa shape index (κ3) is 3.30. The molecule has 35 heavy (non-hydrogen) atoms. The molecule has 164 valence electrons. The van der Waals surface area contributed by atoms with Gasteiger partial charge in [0.1, 0.15) is 0 Å². The third-order valence-corrected chi connectivity index (χ3v) is 7.35. The zero-order chi connectivity index (χ0) is 23.4. The second kappa shape index (κ2) is 7.98. The van der Waals surface area contributed by atoms with Crippen LogP contribution >= 0.6 is 11.6 Å². The third-order valence-electron chi connectivity index (χ3n) is 7.10. The molecule has 7 rings (SSSR count). The molecule has 0 radical (unpaired) electrons. The van der Waals surface area contributed by atoms with Crippen LogP contribution in [0.1, 0.15) is 0 Å². The highest BCUT2D eigenvalue weighted by Crippen LogP contribution is 2.41. The number of fused-ring (bicyclic) bond motifs is 6. The van der Waals surface area contributed by atoms with Crippen LogP contribution in [0.5, 0.6) is 0 Å². The van der Waals surface area contributed by atoms with Crippen molar-refractivity contribution < 1.29 is 0 Å². The number of hydrogen-bond acceptors (Lipinski definition) is 0. The highest BCUT2D eigenvalue weighted by molar-refractivity contribution is 6.30. The molecule has 0 atom stereocenters. The molecule has 0 spiro atoms. The van der Waals surface area contributed by atoms with Crippen molar-refractivity contribution in [3.8, 4) is 22.3 Å². The van der Waals surface area contributed by atoms with E-state index in [0.29, 0.717) is 0 Å². The van der Waals surface area contributed by atoms with Crippen LogP contribution in [-0.4, -0.2) is 0 Å². The monoisotopic (exact) mass is 464 g/mol. The SMILES string of the molecule is Clc1ccc(-c2ccc3c(c2)c(-c2cc4ccccc4c4ccccc24)cc2ccccc23)cc1. The lowest BCUT2D eigenvalue weighted by atomic mass is 9.87. The van der Waals surface area contributed by atoms with Gasteiger partial charge in [0.2, 0.25) is 0 Å². The Morgan fingerprint density at radius 3 is 1.49 bits per heavy atom. The van der Waals surface area contributed by atoms with Crippen LogP contribution in [0.3, 0.4) is 0 Å². The van der Waals surface area contributed by atoms with Gasteiger partial charge in [0, 0.05) is 5.02 Å². The van der Waals surface area contributed by atoms with Crippen molar-refractivity contribution in [3.05, 3.63) is 132 Å². The van der Waals surface area contributed by atoms with E-state index in [-0.39, 0.29) is 0 Å². The molecule has 0 N–H and O–H groups in total. The summed E-state index contributed by atoms with van der Waals surface area (Å²) < 4.78 is 0. The van der Waals surface area contributed by atoms with Gasteiger partial charge in [-0.15, -0.1) is 0 Å². The van der Waals surface area contributed by atoms with Crippen molar-refractivity contribution in [2.24, 2.45) is 0 Å². The Morgan fingerprint density at radius 2 is 0.829 bits per heavy atom. The van der Waals surface area contributed by atoms with Crippen LogP contribution in [0.2, 0.25) is 5.02 Å². The topological polar surface area (TPSA) is 0 Å². The van der Waals surface area contributed by atoms with Crippen molar-refractivity contribution in [1.29, 1.82) is 0 Å². The van der Waals surface area contributed by atoms with Crippen molar-refractivity contribution in [1.82, 2.24) is 0 Å². The molecule has 0 aliphatic rings. The average Bonchev–Trinajstić information content (AvgIpc) is 2.92. The summed E-state index contributed by atoms with van der Waals surface area (Å²) in [6.07, 6.45) is 0. The van der Waals surface area contributed by atoms with Gasteiger partial charge in [-0.3, -0.25) is 0 Å². The van der Waals surface area contributed by atoms with Crippen LogP contribution in [-0.2, 0) is 0 Å². The summed E-state index contributed by atoms with van der Waals surface area (Å²) in [5.41, 5.74) is 4.88. The Kier molecular flexibility index (Phi) is 4.62. The normalized spacial score (nSPS) is 11.6. The summed E-state index contributed by atoms with van der Waals surface area (Å²) in [5, 5.41) is 10.9. The number of hydrogen-bond donors (Lipinski definition) is 0. The van der Waals surface area contributed by atoms with Gasteiger partial charge in [-0.25, -0.2) is 0 Å². The largest absolute Gasteiger partial charge is 0.0843 e. The molecule has 0 fully saturated rings. The quantitative estimate of drug-likeness (QED) is 0.223. The smallest absolute Gasteiger partial charge is 0.0406 e. The first kappa shape index (κ1) is 20.3. The lowest BCUT2D eigenvalue weighted by Gasteiger charge is -2.16. The molecule has 0 amide bonds. The first-order valence-electron chi connectivity index (χ1n) is 11.9. The average molecular weight is 465 g/mol. The van der Waals surface area contributed by atoms with Crippen molar-refractivity contribution in [2.45, 2.75) is 0 Å². The molecule has 0 saturated heterocycles. The molecular weight excluding hydrogens is 444 g/mol. The fraction of sp³-hybridized carbons (Fsp3) is 0. The Balaban J connectivity index is 1.62. The number of rotatable bonds is 2. The molecule has 7 aromatic rings. The Hall–Kier alpha value is -4.13. The maximum Gasteiger partial charge on any atom is 0.0406 e. The summed E-state index contributed by atoms with van der Waals surface area (Å²) in [4.78, 5) is 0. The second-order valence-electron chi connectivity index (χ2n) is 9.10. The highest BCUT2D eigenvalue weighted by atomic mass is 35.5. The number of benzene rings is 7. The summed E-state index contributed by atoms with van der Waals surface area (Å²) in [6, 6.07) is 45.8. The predicted molar refractivity (Wildman–Crippen MR) is 152 cm³/mol. The first-order chi connectivity index (χ1) is 17.3. The lowest BCUT2D eigenvalue weighted by Crippen LogP contribution is -1.89. The maximum atomic E-state index is 6.17. The molecule has 0 saturated carbocycles. The molecule has 0 aromatic heterocycles. The van der Waals surface area contributed by atoms with Gasteiger partial charge >= 0.3 is 0 Å². The van der Waals surface area contributed by atoms with Crippen LogP contribution in [0.4, 0.5) is 0 Å². The summed E-state index contributed by atoms with van der Waals surface area (Å²) in [5.74, 6) is 0. The summed E-state index contributed by atoms with van der Waals surface area (Å²) in [6.45, 7) is 0. The van der Waals surface area contributed by atoms with E-state index >= 15 is 0 Å². The zero-order valence-corrected chi connectivity index (χ0v) is 19.8. The summed E-state index contributed by atoms with van der Waals surface area (Å²) in [7, 11) is 0. The lowest BCUT2D eigenvalue weighted by molar-refractivity contribution is 1.64. The molecule has 7 aromatic carbocycles. The van der Waals surface area contributed by atoms with E-state index in [2.05, 4.69) is 115 Å². The maximum absolute atomic E-state index is 6.17. The minimum Gasteiger partial charge on any atom is -0.0843 e. The highest BCUT2D eigenvalue weighted by Gasteiger charge is 2.14. The molecule has 0 bridgehead atoms. The van der Waals surface area contributed by atoms with Gasteiger partial charge in [0.05, 0.1) is 0 Å². The second-order valence-corrected chi connectivity index (χ2v) is 9.54. The van der Waals surface area contributed by atoms with Crippen LogP contribution < -0.4 is 0 Å². The van der Waals surface area contributed by atoms with E-state index < -0.39 is 0 Å². The van der Waals surface area contributed by atoms with Crippen LogP contribution in [0.15, 0.2) is 127 Å². The van der Waals surface area contributed by atoms with E-state index in [1.54, 1.807) is 0 Å². The molecule has 0 heterocycles. The van der Waals surface area contributed by atoms with Crippen molar-refractivity contribution >= 4 is 54.7 Å². The number of halogens is 1. The zero-order valence-electron chi connectivity index (χ0n) is 19.0. The van der Waals surface area contributed by atoms with E-state index in [4.69, 9.17) is 11.6 Å². The van der Waals surface area contributed by atoms with E-state index in [1.165, 1.54) is 65.3 Å². The van der Waals surface area contributed by atoms with Gasteiger partial charge in [-0.05, 0) is 95.7 Å². The van der Waals surface area contributed by atoms with E-state index in [0.717, 1.165) is 5.02 Å². The van der Waals surface area contributed by atoms with Crippen molar-refractivity contribution in [2.75, 3.05) is 0 Å². The molecule has 1 heteroatoms. The van der Waals surface area contributed by atoms with Crippen LogP contribution in [0, 0.1) is 0 Å². The van der Waals surface area contributed by atoms with Crippen molar-refractivity contribution in [3.63, 3.8) is 0 Å². The molecular formula is C34H21Cl. The Morgan fingerprint density at radius 1 is 0.343 bits per heavy atom. The first-order valence-corrected chi connectivity index (χ1v) is 12.3. The summed E-state index contributed by atoms with van der Waals surface area (Å²) >= 11 is 6.17. The van der Waals surface area contributed by atoms with Crippen LogP contribution in [0.25, 0.3) is 65.3 Å². The van der Waals surface area contributed by atoms with Gasteiger partial charge in [-0.1, -0.05) is 109 Å². The van der Waals surface area contributed by atoms with E-state index in [1.807, 2.05) is 12.1 Å². The van der Waals surface area contributed by atoms with Gasteiger partial charge < -0.3 is 0 Å². The molecule has 0 aliphatic heterocycles. The fourth-order valence-electron chi connectivity index (χ4n) is 5.43. The van der Waals surface area contributed by atoms with Gasteiger partial charge in [0.25, 0.3) is 0 Å². The van der Waals surface area contributed by atoms with Gasteiger partial charge in [0.15, 0.2) is 0 Å². The molecule has 0 aliphatic carbocycles. The Labute approximate surface area is 209 Å². The molecule has 0 nitrogen and oxygen atoms in total. The minimum absolute atomic E-state index is 0.754. The van der Waals surface area contributed by atoms with Gasteiger partial charge in [-0.2, -0.15) is 0 Å².